The lowest BCUT2D eigenvalue weighted by molar-refractivity contribution is 0.573. The van der Waals surface area contributed by atoms with Crippen LogP contribution in [-0.4, -0.2) is 23.1 Å². The quantitative estimate of drug-likeness (QED) is 0.929. The first-order valence-corrected chi connectivity index (χ1v) is 7.70. The molecule has 0 aliphatic carbocycles. The van der Waals surface area contributed by atoms with E-state index >= 15 is 0 Å². The summed E-state index contributed by atoms with van der Waals surface area (Å²) < 4.78 is 0. The minimum atomic E-state index is 0.223. The third kappa shape index (κ3) is 3.51. The van der Waals surface area contributed by atoms with Crippen molar-refractivity contribution < 1.29 is 0 Å². The molecule has 21 heavy (non-hydrogen) atoms. The Hall–Kier alpha value is -2.10. The summed E-state index contributed by atoms with van der Waals surface area (Å²) in [7, 11) is 0. The molecule has 1 fully saturated rings. The molecule has 110 valence electrons. The van der Waals surface area contributed by atoms with E-state index in [4.69, 9.17) is 0 Å². The van der Waals surface area contributed by atoms with E-state index in [9.17, 15) is 0 Å². The van der Waals surface area contributed by atoms with Crippen molar-refractivity contribution in [2.75, 3.05) is 23.3 Å². The van der Waals surface area contributed by atoms with Crippen LogP contribution >= 0.6 is 0 Å². The monoisotopic (exact) mass is 282 g/mol. The van der Waals surface area contributed by atoms with Gasteiger partial charge in [0, 0.05) is 25.5 Å². The maximum Gasteiger partial charge on any atom is 0.128 e. The van der Waals surface area contributed by atoms with Crippen molar-refractivity contribution in [3.63, 3.8) is 0 Å². The molecule has 2 aromatic heterocycles. The molecule has 4 nitrogen and oxygen atoms in total. The van der Waals surface area contributed by atoms with E-state index in [2.05, 4.69) is 45.3 Å². The maximum absolute atomic E-state index is 4.60. The number of pyridine rings is 2. The second-order valence-electron chi connectivity index (χ2n) is 5.61. The van der Waals surface area contributed by atoms with E-state index in [1.807, 2.05) is 18.5 Å². The Bertz CT molecular complexity index is 547. The molecular formula is C17H22N4. The zero-order valence-electron chi connectivity index (χ0n) is 12.5. The SMILES string of the molecule is CC(Nc1ccc(N2CCCCC2)nc1)c1cccnc1. The lowest BCUT2D eigenvalue weighted by atomic mass is 10.1. The minimum Gasteiger partial charge on any atom is -0.377 e. The topological polar surface area (TPSA) is 41.0 Å². The number of nitrogens with one attached hydrogen (secondary N) is 1. The van der Waals surface area contributed by atoms with Crippen LogP contribution in [0.3, 0.4) is 0 Å². The Morgan fingerprint density at radius 1 is 1.10 bits per heavy atom. The van der Waals surface area contributed by atoms with E-state index in [1.165, 1.54) is 24.8 Å². The zero-order valence-corrected chi connectivity index (χ0v) is 12.5. The second-order valence-corrected chi connectivity index (χ2v) is 5.61. The van der Waals surface area contributed by atoms with Crippen molar-refractivity contribution in [2.45, 2.75) is 32.2 Å². The van der Waals surface area contributed by atoms with E-state index in [1.54, 1.807) is 6.20 Å². The molecule has 1 aliphatic heterocycles. The summed E-state index contributed by atoms with van der Waals surface area (Å²) in [5, 5.41) is 3.47. The molecule has 0 radical (unpaired) electrons. The summed E-state index contributed by atoms with van der Waals surface area (Å²) in [5.41, 5.74) is 2.23. The highest BCUT2D eigenvalue weighted by Crippen LogP contribution is 2.21. The van der Waals surface area contributed by atoms with Gasteiger partial charge >= 0.3 is 0 Å². The summed E-state index contributed by atoms with van der Waals surface area (Å²) in [6.07, 6.45) is 9.52. The summed E-state index contributed by atoms with van der Waals surface area (Å²) in [4.78, 5) is 11.1. The van der Waals surface area contributed by atoms with Crippen molar-refractivity contribution in [3.8, 4) is 0 Å². The van der Waals surface area contributed by atoms with Crippen molar-refractivity contribution >= 4 is 11.5 Å². The van der Waals surface area contributed by atoms with Gasteiger partial charge in [0.2, 0.25) is 0 Å². The molecule has 0 saturated carbocycles. The largest absolute Gasteiger partial charge is 0.377 e. The fraction of sp³-hybridized carbons (Fsp3) is 0.412. The predicted molar refractivity (Wildman–Crippen MR) is 86.6 cm³/mol. The standard InChI is InChI=1S/C17H22N4/c1-14(15-6-5-9-18-12-15)20-16-7-8-17(19-13-16)21-10-3-2-4-11-21/h5-9,12-14,20H,2-4,10-11H2,1H3. The molecule has 1 atom stereocenters. The molecule has 3 rings (SSSR count). The molecule has 1 N–H and O–H groups in total. The molecule has 3 heterocycles. The van der Waals surface area contributed by atoms with Gasteiger partial charge in [-0.05, 0) is 49.9 Å². The van der Waals surface area contributed by atoms with Crippen LogP contribution in [0.4, 0.5) is 11.5 Å². The molecule has 2 aromatic rings. The lowest BCUT2D eigenvalue weighted by Crippen LogP contribution is -2.30. The highest BCUT2D eigenvalue weighted by atomic mass is 15.2. The van der Waals surface area contributed by atoms with Crippen LogP contribution in [0, 0.1) is 0 Å². The van der Waals surface area contributed by atoms with E-state index < -0.39 is 0 Å². The number of piperidine rings is 1. The van der Waals surface area contributed by atoms with Crippen molar-refractivity contribution in [3.05, 3.63) is 48.4 Å². The summed E-state index contributed by atoms with van der Waals surface area (Å²) >= 11 is 0. The van der Waals surface area contributed by atoms with Gasteiger partial charge in [-0.2, -0.15) is 0 Å². The van der Waals surface area contributed by atoms with Gasteiger partial charge in [-0.3, -0.25) is 4.98 Å². The third-order valence-electron chi connectivity index (χ3n) is 4.00. The van der Waals surface area contributed by atoms with Gasteiger partial charge in [-0.1, -0.05) is 6.07 Å². The van der Waals surface area contributed by atoms with Crippen LogP contribution in [0.2, 0.25) is 0 Å². The van der Waals surface area contributed by atoms with Crippen LogP contribution in [0.25, 0.3) is 0 Å². The summed E-state index contributed by atoms with van der Waals surface area (Å²) in [6.45, 7) is 4.40. The first-order chi connectivity index (χ1) is 10.3. The molecule has 0 spiro atoms. The average molecular weight is 282 g/mol. The van der Waals surface area contributed by atoms with Gasteiger partial charge in [-0.15, -0.1) is 0 Å². The van der Waals surface area contributed by atoms with Gasteiger partial charge in [0.25, 0.3) is 0 Å². The Balaban J connectivity index is 1.64. The normalized spacial score (nSPS) is 16.5. The number of rotatable bonds is 4. The molecule has 1 saturated heterocycles. The van der Waals surface area contributed by atoms with Gasteiger partial charge in [0.15, 0.2) is 0 Å². The lowest BCUT2D eigenvalue weighted by Gasteiger charge is -2.27. The summed E-state index contributed by atoms with van der Waals surface area (Å²) in [6, 6.07) is 8.50. The Morgan fingerprint density at radius 3 is 2.62 bits per heavy atom. The number of aromatic nitrogens is 2. The van der Waals surface area contributed by atoms with Crippen molar-refractivity contribution in [2.24, 2.45) is 0 Å². The highest BCUT2D eigenvalue weighted by Gasteiger charge is 2.12. The first-order valence-electron chi connectivity index (χ1n) is 7.70. The van der Waals surface area contributed by atoms with Crippen LogP contribution in [0.5, 0.6) is 0 Å². The Morgan fingerprint density at radius 2 is 1.95 bits per heavy atom. The number of anilines is 2. The van der Waals surface area contributed by atoms with Crippen LogP contribution in [0.15, 0.2) is 42.9 Å². The fourth-order valence-corrected chi connectivity index (χ4v) is 2.75. The average Bonchev–Trinajstić information content (AvgIpc) is 2.57. The number of hydrogen-bond donors (Lipinski definition) is 1. The zero-order chi connectivity index (χ0) is 14.5. The highest BCUT2D eigenvalue weighted by molar-refractivity contribution is 5.49. The van der Waals surface area contributed by atoms with Crippen LogP contribution in [-0.2, 0) is 0 Å². The Labute approximate surface area is 126 Å². The van der Waals surface area contributed by atoms with Gasteiger partial charge in [0.05, 0.1) is 17.9 Å². The molecule has 0 amide bonds. The van der Waals surface area contributed by atoms with Crippen molar-refractivity contribution in [1.29, 1.82) is 0 Å². The van der Waals surface area contributed by atoms with Crippen LogP contribution < -0.4 is 10.2 Å². The van der Waals surface area contributed by atoms with E-state index in [0.717, 1.165) is 24.6 Å². The molecule has 0 aromatic carbocycles. The number of nitrogens with zero attached hydrogens (tertiary/aromatic N) is 3. The van der Waals surface area contributed by atoms with E-state index in [0.29, 0.717) is 0 Å². The fourth-order valence-electron chi connectivity index (χ4n) is 2.75. The summed E-state index contributed by atoms with van der Waals surface area (Å²) in [5.74, 6) is 1.09. The van der Waals surface area contributed by atoms with Crippen LogP contribution in [0.1, 0.15) is 37.8 Å². The second kappa shape index (κ2) is 6.57. The molecule has 1 unspecified atom stereocenters. The molecule has 4 heteroatoms. The minimum absolute atomic E-state index is 0.223. The Kier molecular flexibility index (Phi) is 4.34. The first kappa shape index (κ1) is 13.9. The smallest absolute Gasteiger partial charge is 0.128 e. The van der Waals surface area contributed by atoms with Gasteiger partial charge in [0.1, 0.15) is 5.82 Å². The predicted octanol–water partition coefficient (Wildman–Crippen LogP) is 3.64. The van der Waals surface area contributed by atoms with Gasteiger partial charge < -0.3 is 10.2 Å². The molecular weight excluding hydrogens is 260 g/mol. The molecule has 0 bridgehead atoms. The van der Waals surface area contributed by atoms with Gasteiger partial charge in [-0.25, -0.2) is 4.98 Å². The maximum atomic E-state index is 4.60. The van der Waals surface area contributed by atoms with Crippen molar-refractivity contribution in [1.82, 2.24) is 9.97 Å². The third-order valence-corrected chi connectivity index (χ3v) is 4.00. The number of hydrogen-bond acceptors (Lipinski definition) is 4. The molecule has 1 aliphatic rings. The van der Waals surface area contributed by atoms with E-state index in [-0.39, 0.29) is 6.04 Å².